The number of hydrogen-bond donors (Lipinski definition) is 1. The van der Waals surface area contributed by atoms with E-state index in [4.69, 9.17) is 16.3 Å². The van der Waals surface area contributed by atoms with Crippen molar-refractivity contribution in [1.29, 1.82) is 0 Å². The molecule has 5 heteroatoms. The number of aliphatic hydroxyl groups is 1. The second kappa shape index (κ2) is 6.06. The smallest absolute Gasteiger partial charge is 0.174 e. The van der Waals surface area contributed by atoms with E-state index in [2.05, 4.69) is 33.0 Å². The lowest BCUT2D eigenvalue weighted by molar-refractivity contribution is -0.105. The highest BCUT2D eigenvalue weighted by molar-refractivity contribution is 9.10. The predicted octanol–water partition coefficient (Wildman–Crippen LogP) is 5.55. The Morgan fingerprint density at radius 1 is 1.07 bits per heavy atom. The van der Waals surface area contributed by atoms with Crippen LogP contribution in [0.25, 0.3) is 0 Å². The highest BCUT2D eigenvalue weighted by Gasteiger charge is 2.69. The standard InChI is InChI=1S/C22H17BrClNO2/c23-16-8-6-15(7-9-16)22-17(14-4-2-1-3-5-14)10-11-21(22,26)20-18(24)12-25-13-19(20)27-22/h1-9,12-13,17,26H,10-11H2. The van der Waals surface area contributed by atoms with E-state index < -0.39 is 11.2 Å². The average Bonchev–Trinajstić information content (AvgIpc) is 3.11. The molecule has 2 aromatic carbocycles. The zero-order valence-electron chi connectivity index (χ0n) is 14.4. The molecule has 0 bridgehead atoms. The van der Waals surface area contributed by atoms with Crippen LogP contribution in [-0.4, -0.2) is 10.1 Å². The first-order valence-corrected chi connectivity index (χ1v) is 10.1. The maximum atomic E-state index is 12.0. The number of benzene rings is 2. The molecule has 0 saturated heterocycles. The molecule has 5 rings (SSSR count). The third-order valence-electron chi connectivity index (χ3n) is 5.92. The number of pyridine rings is 1. The minimum absolute atomic E-state index is 0.00616. The minimum atomic E-state index is -1.21. The molecule has 136 valence electrons. The van der Waals surface area contributed by atoms with E-state index in [1.165, 1.54) is 0 Å². The SMILES string of the molecule is OC12CCC(c3ccccc3)C1(c1ccc(Br)cc1)Oc1cncc(Cl)c12. The molecule has 1 N–H and O–H groups in total. The molecule has 1 aromatic heterocycles. The summed E-state index contributed by atoms with van der Waals surface area (Å²) >= 11 is 9.99. The first-order chi connectivity index (χ1) is 13.1. The largest absolute Gasteiger partial charge is 0.476 e. The van der Waals surface area contributed by atoms with Gasteiger partial charge in [-0.2, -0.15) is 0 Å². The summed E-state index contributed by atoms with van der Waals surface area (Å²) in [4.78, 5) is 4.18. The number of aromatic nitrogens is 1. The highest BCUT2D eigenvalue weighted by Crippen LogP contribution is 2.67. The zero-order chi connectivity index (χ0) is 18.6. The van der Waals surface area contributed by atoms with Crippen molar-refractivity contribution < 1.29 is 9.84 Å². The molecule has 0 spiro atoms. The van der Waals surface area contributed by atoms with E-state index in [1.807, 2.05) is 42.5 Å². The number of nitrogens with zero attached hydrogens (tertiary/aromatic N) is 1. The molecular weight excluding hydrogens is 426 g/mol. The lowest BCUT2D eigenvalue weighted by Crippen LogP contribution is -2.48. The third kappa shape index (κ3) is 2.27. The molecule has 3 atom stereocenters. The molecule has 0 radical (unpaired) electrons. The number of hydrogen-bond acceptors (Lipinski definition) is 3. The van der Waals surface area contributed by atoms with Crippen molar-refractivity contribution in [1.82, 2.24) is 4.98 Å². The third-order valence-corrected chi connectivity index (χ3v) is 6.74. The second-order valence-corrected chi connectivity index (χ2v) is 8.52. The van der Waals surface area contributed by atoms with E-state index in [1.54, 1.807) is 12.4 Å². The van der Waals surface area contributed by atoms with Gasteiger partial charge in [-0.3, -0.25) is 4.98 Å². The van der Waals surface area contributed by atoms with Gasteiger partial charge in [0.15, 0.2) is 5.60 Å². The lowest BCUT2D eigenvalue weighted by atomic mass is 9.72. The number of rotatable bonds is 2. The fourth-order valence-corrected chi connectivity index (χ4v) is 5.42. The molecule has 0 amide bonds. The first-order valence-electron chi connectivity index (χ1n) is 8.92. The maximum Gasteiger partial charge on any atom is 0.174 e. The topological polar surface area (TPSA) is 42.4 Å². The molecule has 2 aliphatic rings. The Kier molecular flexibility index (Phi) is 3.87. The summed E-state index contributed by atoms with van der Waals surface area (Å²) in [7, 11) is 0. The van der Waals surface area contributed by atoms with Gasteiger partial charge in [-0.15, -0.1) is 0 Å². The van der Waals surface area contributed by atoms with Gasteiger partial charge in [-0.25, -0.2) is 0 Å². The van der Waals surface area contributed by atoms with E-state index in [0.717, 1.165) is 22.0 Å². The van der Waals surface area contributed by atoms with E-state index >= 15 is 0 Å². The number of fused-ring (bicyclic) bond motifs is 3. The van der Waals surface area contributed by atoms with Gasteiger partial charge in [0, 0.05) is 16.6 Å². The van der Waals surface area contributed by atoms with Crippen molar-refractivity contribution >= 4 is 27.5 Å². The van der Waals surface area contributed by atoms with E-state index in [0.29, 0.717) is 22.8 Å². The Bertz CT molecular complexity index is 1010. The zero-order valence-corrected chi connectivity index (χ0v) is 16.7. The average molecular weight is 443 g/mol. The second-order valence-electron chi connectivity index (χ2n) is 7.20. The van der Waals surface area contributed by atoms with Crippen LogP contribution in [0.3, 0.4) is 0 Å². The van der Waals surface area contributed by atoms with Crippen LogP contribution in [0.1, 0.15) is 35.4 Å². The van der Waals surface area contributed by atoms with Crippen molar-refractivity contribution in [3.8, 4) is 5.75 Å². The van der Waals surface area contributed by atoms with Gasteiger partial charge in [0.2, 0.25) is 0 Å². The molecule has 3 unspecified atom stereocenters. The Morgan fingerprint density at radius 2 is 1.81 bits per heavy atom. The van der Waals surface area contributed by atoms with Crippen molar-refractivity contribution in [2.45, 2.75) is 30.0 Å². The summed E-state index contributed by atoms with van der Waals surface area (Å²) < 4.78 is 7.57. The number of ether oxygens (including phenoxy) is 1. The maximum absolute atomic E-state index is 12.0. The highest BCUT2D eigenvalue weighted by atomic mass is 79.9. The first kappa shape index (κ1) is 17.2. The fraction of sp³-hybridized carbons (Fsp3) is 0.227. The summed E-state index contributed by atoms with van der Waals surface area (Å²) in [6.45, 7) is 0. The van der Waals surface area contributed by atoms with Crippen molar-refractivity contribution in [3.05, 3.63) is 93.2 Å². The van der Waals surface area contributed by atoms with Gasteiger partial charge in [-0.1, -0.05) is 70.0 Å². The van der Waals surface area contributed by atoms with Crippen LogP contribution in [0.5, 0.6) is 5.75 Å². The van der Waals surface area contributed by atoms with Crippen LogP contribution in [0.15, 0.2) is 71.5 Å². The summed E-state index contributed by atoms with van der Waals surface area (Å²) in [5, 5.41) is 12.5. The monoisotopic (exact) mass is 441 g/mol. The Morgan fingerprint density at radius 3 is 2.56 bits per heavy atom. The normalized spacial score (nSPS) is 28.5. The predicted molar refractivity (Wildman–Crippen MR) is 108 cm³/mol. The summed E-state index contributed by atoms with van der Waals surface area (Å²) in [6.07, 6.45) is 4.60. The summed E-state index contributed by atoms with van der Waals surface area (Å²) in [5.74, 6) is 0.557. The summed E-state index contributed by atoms with van der Waals surface area (Å²) in [6, 6.07) is 18.3. The molecule has 3 nitrogen and oxygen atoms in total. The van der Waals surface area contributed by atoms with Gasteiger partial charge >= 0.3 is 0 Å². The minimum Gasteiger partial charge on any atom is -0.476 e. The van der Waals surface area contributed by atoms with E-state index in [-0.39, 0.29) is 5.92 Å². The van der Waals surface area contributed by atoms with Gasteiger partial charge in [0.25, 0.3) is 0 Å². The van der Waals surface area contributed by atoms with Gasteiger partial charge in [0.05, 0.1) is 16.8 Å². The van der Waals surface area contributed by atoms with Crippen molar-refractivity contribution in [2.24, 2.45) is 0 Å². The fourth-order valence-electron chi connectivity index (χ4n) is 4.85. The van der Waals surface area contributed by atoms with Gasteiger partial charge < -0.3 is 9.84 Å². The van der Waals surface area contributed by atoms with Gasteiger partial charge in [-0.05, 0) is 36.1 Å². The molecule has 1 saturated carbocycles. The Labute approximate surface area is 171 Å². The van der Waals surface area contributed by atoms with Crippen LogP contribution >= 0.6 is 27.5 Å². The van der Waals surface area contributed by atoms with Crippen LogP contribution in [-0.2, 0) is 11.2 Å². The Balaban J connectivity index is 1.79. The molecule has 1 fully saturated rings. The molecule has 1 aliphatic carbocycles. The van der Waals surface area contributed by atoms with Crippen LogP contribution < -0.4 is 4.74 Å². The van der Waals surface area contributed by atoms with Gasteiger partial charge in [0.1, 0.15) is 11.4 Å². The molecule has 1 aliphatic heterocycles. The number of halogens is 2. The molecule has 27 heavy (non-hydrogen) atoms. The molecular formula is C22H17BrClNO2. The summed E-state index contributed by atoms with van der Waals surface area (Å²) in [5.41, 5.74) is 0.585. The van der Waals surface area contributed by atoms with Crippen LogP contribution in [0.4, 0.5) is 0 Å². The van der Waals surface area contributed by atoms with Crippen LogP contribution in [0.2, 0.25) is 5.02 Å². The van der Waals surface area contributed by atoms with Crippen molar-refractivity contribution in [3.63, 3.8) is 0 Å². The lowest BCUT2D eigenvalue weighted by Gasteiger charge is -2.40. The Hall–Kier alpha value is -1.88. The molecule has 2 heterocycles. The quantitative estimate of drug-likeness (QED) is 0.566. The molecule has 3 aromatic rings. The van der Waals surface area contributed by atoms with Crippen LogP contribution in [0, 0.1) is 0 Å². The van der Waals surface area contributed by atoms with Crippen molar-refractivity contribution in [2.75, 3.05) is 0 Å². The van der Waals surface area contributed by atoms with E-state index in [9.17, 15) is 5.11 Å².